The predicted octanol–water partition coefficient (Wildman–Crippen LogP) is 0.914. The van der Waals surface area contributed by atoms with Gasteiger partial charge in [0.1, 0.15) is 0 Å². The van der Waals surface area contributed by atoms with Crippen molar-refractivity contribution in [2.45, 2.75) is 13.2 Å². The maximum absolute atomic E-state index is 4.85. The van der Waals surface area contributed by atoms with Crippen LogP contribution in [0.4, 0.5) is 0 Å². The van der Waals surface area contributed by atoms with Gasteiger partial charge in [0, 0.05) is 0 Å². The molecule has 0 radical (unpaired) electrons. The highest BCUT2D eigenvalue weighted by atomic mass is 32.1. The molecular formula is C5H8NOS2-. The van der Waals surface area contributed by atoms with Crippen molar-refractivity contribution in [3.05, 3.63) is 12.8 Å². The highest BCUT2D eigenvalue weighted by molar-refractivity contribution is 8.00. The molecule has 0 heterocycles. The van der Waals surface area contributed by atoms with Crippen LogP contribution in [0.25, 0.3) is 0 Å². The molecular weight excluding hydrogens is 154 g/mol. The van der Waals surface area contributed by atoms with Gasteiger partial charge in [-0.1, -0.05) is 10.9 Å². The summed E-state index contributed by atoms with van der Waals surface area (Å²) in [5.41, 5.74) is 0. The molecule has 2 nitrogen and oxygen atoms in total. The van der Waals surface area contributed by atoms with Crippen LogP contribution in [0, 0.1) is 0 Å². The van der Waals surface area contributed by atoms with Gasteiger partial charge in [0.2, 0.25) is 0 Å². The first-order valence-corrected chi connectivity index (χ1v) is 3.22. The van der Waals surface area contributed by atoms with Crippen molar-refractivity contribution in [2.75, 3.05) is 0 Å². The molecule has 0 bridgehead atoms. The summed E-state index contributed by atoms with van der Waals surface area (Å²) in [7, 11) is 0. The van der Waals surface area contributed by atoms with Gasteiger partial charge in [0.05, 0.1) is 6.26 Å². The van der Waals surface area contributed by atoms with Crippen molar-refractivity contribution < 1.29 is 4.74 Å². The Morgan fingerprint density at radius 3 is 2.89 bits per heavy atom. The molecule has 52 valence electrons. The second-order valence-electron chi connectivity index (χ2n) is 1.38. The minimum atomic E-state index is -0.174. The zero-order chi connectivity index (χ0) is 7.28. The van der Waals surface area contributed by atoms with Gasteiger partial charge >= 0.3 is 0 Å². The first kappa shape index (κ1) is 8.65. The van der Waals surface area contributed by atoms with Crippen LogP contribution in [0.5, 0.6) is 0 Å². The average molecular weight is 162 g/mol. The molecule has 0 spiro atoms. The van der Waals surface area contributed by atoms with Crippen molar-refractivity contribution in [3.8, 4) is 0 Å². The maximum atomic E-state index is 4.85. The molecule has 0 aromatic rings. The van der Waals surface area contributed by atoms with Gasteiger partial charge < -0.3 is 34.9 Å². The summed E-state index contributed by atoms with van der Waals surface area (Å²) in [6.45, 7) is 5.16. The van der Waals surface area contributed by atoms with E-state index in [4.69, 9.17) is 4.74 Å². The predicted molar refractivity (Wildman–Crippen MR) is 43.8 cm³/mol. The summed E-state index contributed by atoms with van der Waals surface area (Å²) in [6.07, 6.45) is 1.16. The van der Waals surface area contributed by atoms with Gasteiger partial charge in [-0.25, -0.2) is 0 Å². The van der Waals surface area contributed by atoms with E-state index in [2.05, 4.69) is 36.7 Å². The second kappa shape index (κ2) is 4.52. The Morgan fingerprint density at radius 2 is 2.56 bits per heavy atom. The molecule has 0 aliphatic heterocycles. The first-order chi connectivity index (χ1) is 4.16. The molecule has 0 aromatic heterocycles. The molecule has 0 saturated carbocycles. The fraction of sp³-hybridized carbons (Fsp3) is 0.400. The van der Waals surface area contributed by atoms with Crippen LogP contribution >= 0.6 is 12.2 Å². The molecule has 4 heteroatoms. The van der Waals surface area contributed by atoms with Crippen molar-refractivity contribution in [2.24, 2.45) is 0 Å². The summed E-state index contributed by atoms with van der Waals surface area (Å²) in [6, 6.07) is 0. The lowest BCUT2D eigenvalue weighted by atomic mass is 10.7. The Labute approximate surface area is 65.7 Å². The van der Waals surface area contributed by atoms with Crippen molar-refractivity contribution >= 4 is 29.2 Å². The minimum absolute atomic E-state index is 0.174. The number of ether oxygens (including phenoxy) is 1. The third-order valence-corrected chi connectivity index (χ3v) is 0.857. The smallest absolute Gasteiger partial charge is 0.164 e. The third kappa shape index (κ3) is 5.52. The molecule has 0 amide bonds. The molecule has 0 aliphatic carbocycles. The quantitative estimate of drug-likeness (QED) is 0.288. The topological polar surface area (TPSA) is 21.3 Å². The summed E-state index contributed by atoms with van der Waals surface area (Å²) >= 11 is 9.15. The summed E-state index contributed by atoms with van der Waals surface area (Å²) < 4.78 is 5.16. The number of rotatable bonds is 3. The number of nitrogens with one attached hydrogen (secondary N) is 1. The molecule has 0 rings (SSSR count). The third-order valence-electron chi connectivity index (χ3n) is 0.621. The molecule has 0 fully saturated rings. The highest BCUT2D eigenvalue weighted by Crippen LogP contribution is 1.84. The lowest BCUT2D eigenvalue weighted by molar-refractivity contribution is 0.151. The molecule has 1 atom stereocenters. The van der Waals surface area contributed by atoms with E-state index in [-0.39, 0.29) is 6.23 Å². The number of thiocarbonyl (C=S) groups is 1. The van der Waals surface area contributed by atoms with E-state index in [9.17, 15) is 0 Å². The SMILES string of the molecule is C=COC(C)NC(=S)[S-]. The van der Waals surface area contributed by atoms with E-state index >= 15 is 0 Å². The van der Waals surface area contributed by atoms with Crippen molar-refractivity contribution in [1.82, 2.24) is 5.32 Å². The normalized spacial score (nSPS) is 11.7. The Morgan fingerprint density at radius 1 is 2.00 bits per heavy atom. The van der Waals surface area contributed by atoms with E-state index in [0.717, 1.165) is 0 Å². The van der Waals surface area contributed by atoms with Crippen LogP contribution in [0.1, 0.15) is 6.92 Å². The van der Waals surface area contributed by atoms with Gasteiger partial charge in [0.25, 0.3) is 0 Å². The largest absolute Gasteiger partial charge is 0.479 e. The van der Waals surface area contributed by atoms with Gasteiger partial charge in [-0.3, -0.25) is 0 Å². The molecule has 1 unspecified atom stereocenters. The van der Waals surface area contributed by atoms with E-state index in [1.807, 2.05) is 0 Å². The number of hydrogen-bond acceptors (Lipinski definition) is 3. The Bertz CT molecular complexity index is 116. The Balaban J connectivity index is 3.37. The minimum Gasteiger partial charge on any atom is -0.479 e. The van der Waals surface area contributed by atoms with Gasteiger partial charge in [-0.05, 0) is 6.92 Å². The van der Waals surface area contributed by atoms with E-state index in [1.54, 1.807) is 6.92 Å². The monoisotopic (exact) mass is 162 g/mol. The zero-order valence-corrected chi connectivity index (χ0v) is 6.72. The van der Waals surface area contributed by atoms with E-state index < -0.39 is 0 Å². The van der Waals surface area contributed by atoms with Gasteiger partial charge in [-0.15, -0.1) is 0 Å². The van der Waals surface area contributed by atoms with Gasteiger partial charge in [-0.2, -0.15) is 0 Å². The highest BCUT2D eigenvalue weighted by Gasteiger charge is 1.91. The standard InChI is InChI=1S/C5H9NOS2/c1-3-7-4(2)6-5(8)9/h3-4H,1H2,2H3,(H2,6,8,9)/p-1. The van der Waals surface area contributed by atoms with E-state index in [0.29, 0.717) is 4.32 Å². The lowest BCUT2D eigenvalue weighted by Crippen LogP contribution is -2.30. The molecule has 0 aliphatic rings. The zero-order valence-electron chi connectivity index (χ0n) is 5.09. The fourth-order valence-corrected chi connectivity index (χ4v) is 0.676. The van der Waals surface area contributed by atoms with Crippen LogP contribution < -0.4 is 5.32 Å². The van der Waals surface area contributed by atoms with Crippen LogP contribution in [-0.4, -0.2) is 10.5 Å². The first-order valence-electron chi connectivity index (χ1n) is 2.40. The average Bonchev–Trinajstić information content (AvgIpc) is 1.63. The van der Waals surface area contributed by atoms with Crippen LogP contribution in [0.15, 0.2) is 12.8 Å². The number of hydrogen-bond donors (Lipinski definition) is 1. The molecule has 9 heavy (non-hydrogen) atoms. The Hall–Kier alpha value is -0.350. The summed E-state index contributed by atoms with van der Waals surface area (Å²) in [5, 5.41) is 2.70. The molecule has 0 saturated heterocycles. The molecule has 1 N–H and O–H groups in total. The summed E-state index contributed by atoms with van der Waals surface area (Å²) in [4.78, 5) is 0. The van der Waals surface area contributed by atoms with Crippen LogP contribution in [0.2, 0.25) is 0 Å². The maximum Gasteiger partial charge on any atom is 0.164 e. The van der Waals surface area contributed by atoms with Crippen LogP contribution in [0.3, 0.4) is 0 Å². The van der Waals surface area contributed by atoms with Crippen LogP contribution in [-0.2, 0) is 17.4 Å². The molecule has 0 aromatic carbocycles. The summed E-state index contributed by atoms with van der Waals surface area (Å²) in [5.74, 6) is 0. The fourth-order valence-electron chi connectivity index (χ4n) is 0.344. The van der Waals surface area contributed by atoms with Crippen molar-refractivity contribution in [1.29, 1.82) is 0 Å². The lowest BCUT2D eigenvalue weighted by Gasteiger charge is -2.16. The van der Waals surface area contributed by atoms with Crippen molar-refractivity contribution in [3.63, 3.8) is 0 Å². The Kier molecular flexibility index (Phi) is 4.35. The second-order valence-corrected chi connectivity index (χ2v) is 2.45. The van der Waals surface area contributed by atoms with E-state index in [1.165, 1.54) is 6.26 Å². The van der Waals surface area contributed by atoms with Gasteiger partial charge in [0.15, 0.2) is 6.23 Å².